The number of hydrogen-bond acceptors (Lipinski definition) is 3. The van der Waals surface area contributed by atoms with Crippen molar-refractivity contribution in [3.63, 3.8) is 0 Å². The summed E-state index contributed by atoms with van der Waals surface area (Å²) in [7, 11) is 0. The van der Waals surface area contributed by atoms with Crippen molar-refractivity contribution < 1.29 is 14.7 Å². The number of rotatable bonds is 4. The third kappa shape index (κ3) is 3.70. The molecule has 5 nitrogen and oxygen atoms in total. The smallest absolute Gasteiger partial charge is 0.326 e. The van der Waals surface area contributed by atoms with E-state index in [1.807, 2.05) is 6.92 Å². The molecule has 1 heterocycles. The summed E-state index contributed by atoms with van der Waals surface area (Å²) in [5.74, 6) is -1.03. The first-order valence-electron chi connectivity index (χ1n) is 6.20. The van der Waals surface area contributed by atoms with E-state index in [0.717, 1.165) is 19.4 Å². The average Bonchev–Trinajstić information content (AvgIpc) is 2.25. The Morgan fingerprint density at radius 2 is 2.06 bits per heavy atom. The molecule has 0 bridgehead atoms. The van der Waals surface area contributed by atoms with Gasteiger partial charge >= 0.3 is 5.97 Å². The maximum atomic E-state index is 12.0. The lowest BCUT2D eigenvalue weighted by molar-refractivity contribution is -0.143. The molecular weight excluding hydrogens is 220 g/mol. The molecule has 0 spiro atoms. The van der Waals surface area contributed by atoms with Crippen LogP contribution in [0.1, 0.15) is 33.6 Å². The molecule has 98 valence electrons. The van der Waals surface area contributed by atoms with Crippen LogP contribution in [0.25, 0.3) is 0 Å². The van der Waals surface area contributed by atoms with Gasteiger partial charge in [-0.05, 0) is 31.2 Å². The van der Waals surface area contributed by atoms with E-state index < -0.39 is 12.0 Å². The topological polar surface area (TPSA) is 78.4 Å². The first-order chi connectivity index (χ1) is 7.93. The van der Waals surface area contributed by atoms with Crippen molar-refractivity contribution in [1.82, 2.24) is 10.6 Å². The second-order valence-electron chi connectivity index (χ2n) is 5.12. The van der Waals surface area contributed by atoms with Gasteiger partial charge in [-0.3, -0.25) is 4.79 Å². The summed E-state index contributed by atoms with van der Waals surface area (Å²) in [6.07, 6.45) is 2.07. The third-order valence-electron chi connectivity index (χ3n) is 3.28. The molecule has 1 aliphatic heterocycles. The second-order valence-corrected chi connectivity index (χ2v) is 5.12. The van der Waals surface area contributed by atoms with Crippen LogP contribution >= 0.6 is 0 Å². The minimum atomic E-state index is -0.975. The van der Waals surface area contributed by atoms with E-state index >= 15 is 0 Å². The first kappa shape index (κ1) is 14.0. The number of nitrogens with one attached hydrogen (secondary N) is 2. The normalized spacial score (nSPS) is 26.6. The molecule has 17 heavy (non-hydrogen) atoms. The van der Waals surface area contributed by atoms with Crippen molar-refractivity contribution in [3.05, 3.63) is 0 Å². The van der Waals surface area contributed by atoms with Crippen LogP contribution in [0.4, 0.5) is 0 Å². The number of hydrogen-bond donors (Lipinski definition) is 3. The van der Waals surface area contributed by atoms with Crippen LogP contribution < -0.4 is 10.6 Å². The van der Waals surface area contributed by atoms with Crippen LogP contribution in [0.3, 0.4) is 0 Å². The molecule has 0 radical (unpaired) electrons. The van der Waals surface area contributed by atoms with Gasteiger partial charge in [-0.1, -0.05) is 20.8 Å². The van der Waals surface area contributed by atoms with E-state index in [1.54, 1.807) is 13.8 Å². The van der Waals surface area contributed by atoms with Crippen LogP contribution in [-0.2, 0) is 9.59 Å². The Balaban J connectivity index is 2.60. The van der Waals surface area contributed by atoms with Crippen molar-refractivity contribution >= 4 is 11.9 Å². The maximum Gasteiger partial charge on any atom is 0.326 e. The van der Waals surface area contributed by atoms with Gasteiger partial charge < -0.3 is 15.7 Å². The van der Waals surface area contributed by atoms with Gasteiger partial charge in [0.25, 0.3) is 0 Å². The minimum absolute atomic E-state index is 0.115. The Bertz CT molecular complexity index is 291. The minimum Gasteiger partial charge on any atom is -0.480 e. The van der Waals surface area contributed by atoms with Crippen molar-refractivity contribution in [1.29, 1.82) is 0 Å². The lowest BCUT2D eigenvalue weighted by Gasteiger charge is -2.30. The number of carboxylic acid groups (broad SMARTS) is 1. The Kier molecular flexibility index (Phi) is 4.93. The molecule has 1 saturated heterocycles. The molecule has 5 heteroatoms. The second kappa shape index (κ2) is 6.00. The van der Waals surface area contributed by atoms with Gasteiger partial charge in [0.2, 0.25) is 5.91 Å². The van der Waals surface area contributed by atoms with Crippen LogP contribution in [0.15, 0.2) is 0 Å². The number of amides is 1. The predicted molar refractivity (Wildman–Crippen MR) is 64.6 cm³/mol. The molecule has 0 saturated carbocycles. The Morgan fingerprint density at radius 3 is 2.53 bits per heavy atom. The first-order valence-corrected chi connectivity index (χ1v) is 6.20. The molecule has 1 fully saturated rings. The highest BCUT2D eigenvalue weighted by Gasteiger charge is 2.31. The summed E-state index contributed by atoms with van der Waals surface area (Å²) in [6, 6.07) is -1.07. The molecular formula is C12H22N2O3. The summed E-state index contributed by atoms with van der Waals surface area (Å²) >= 11 is 0. The fraction of sp³-hybridized carbons (Fsp3) is 0.833. The summed E-state index contributed by atoms with van der Waals surface area (Å²) in [6.45, 7) is 6.41. The van der Waals surface area contributed by atoms with Crippen LogP contribution in [0.5, 0.6) is 0 Å². The van der Waals surface area contributed by atoms with E-state index in [-0.39, 0.29) is 23.8 Å². The molecule has 0 aromatic heterocycles. The Hall–Kier alpha value is -1.10. The van der Waals surface area contributed by atoms with Gasteiger partial charge in [0.05, 0.1) is 6.04 Å². The standard InChI is InChI=1S/C12H22N2O3/c1-7(2)9(12(16)17)14-11(15)10-8(3)5-4-6-13-10/h7-10,13H,4-6H2,1-3H3,(H,14,15)(H,16,17)/t8?,9-,10?/m0/s1. The number of piperidine rings is 1. The zero-order chi connectivity index (χ0) is 13.0. The summed E-state index contributed by atoms with van der Waals surface area (Å²) in [5, 5.41) is 14.8. The molecule has 1 aliphatic rings. The molecule has 0 aliphatic carbocycles. The van der Waals surface area contributed by atoms with Crippen LogP contribution in [0.2, 0.25) is 0 Å². The van der Waals surface area contributed by atoms with Crippen molar-refractivity contribution in [3.8, 4) is 0 Å². The van der Waals surface area contributed by atoms with Crippen LogP contribution in [-0.4, -0.2) is 35.6 Å². The highest BCUT2D eigenvalue weighted by molar-refractivity contribution is 5.87. The number of carboxylic acids is 1. The van der Waals surface area contributed by atoms with Gasteiger partial charge in [-0.25, -0.2) is 4.79 Å². The van der Waals surface area contributed by atoms with Gasteiger partial charge in [0.1, 0.15) is 6.04 Å². The van der Waals surface area contributed by atoms with Crippen LogP contribution in [0, 0.1) is 11.8 Å². The van der Waals surface area contributed by atoms with E-state index in [9.17, 15) is 9.59 Å². The quantitative estimate of drug-likeness (QED) is 0.674. The van der Waals surface area contributed by atoms with Gasteiger partial charge in [-0.15, -0.1) is 0 Å². The zero-order valence-electron chi connectivity index (χ0n) is 10.7. The van der Waals surface area contributed by atoms with E-state index in [4.69, 9.17) is 5.11 Å². The van der Waals surface area contributed by atoms with E-state index in [2.05, 4.69) is 10.6 Å². The highest BCUT2D eigenvalue weighted by Crippen LogP contribution is 2.16. The van der Waals surface area contributed by atoms with Gasteiger partial charge in [0, 0.05) is 0 Å². The molecule has 1 rings (SSSR count). The largest absolute Gasteiger partial charge is 0.480 e. The van der Waals surface area contributed by atoms with Crippen molar-refractivity contribution in [2.45, 2.75) is 45.7 Å². The fourth-order valence-electron chi connectivity index (χ4n) is 2.16. The van der Waals surface area contributed by atoms with Crippen molar-refractivity contribution in [2.75, 3.05) is 6.54 Å². The lowest BCUT2D eigenvalue weighted by Crippen LogP contribution is -2.55. The summed E-state index contributed by atoms with van der Waals surface area (Å²) in [5.41, 5.74) is 0. The number of carbonyl (C=O) groups is 2. The number of carbonyl (C=O) groups excluding carboxylic acids is 1. The van der Waals surface area contributed by atoms with Gasteiger partial charge in [0.15, 0.2) is 0 Å². The fourth-order valence-corrected chi connectivity index (χ4v) is 2.16. The zero-order valence-corrected chi connectivity index (χ0v) is 10.7. The predicted octanol–water partition coefficient (Wildman–Crippen LogP) is 0.600. The molecule has 3 atom stereocenters. The van der Waals surface area contributed by atoms with E-state index in [0.29, 0.717) is 0 Å². The molecule has 3 N–H and O–H groups in total. The van der Waals surface area contributed by atoms with Gasteiger partial charge in [-0.2, -0.15) is 0 Å². The Labute approximate surface area is 102 Å². The molecule has 2 unspecified atom stereocenters. The lowest BCUT2D eigenvalue weighted by atomic mass is 9.91. The summed E-state index contributed by atoms with van der Waals surface area (Å²) < 4.78 is 0. The highest BCUT2D eigenvalue weighted by atomic mass is 16.4. The number of aliphatic carboxylic acids is 1. The average molecular weight is 242 g/mol. The maximum absolute atomic E-state index is 12.0. The summed E-state index contributed by atoms with van der Waals surface area (Å²) in [4.78, 5) is 23.0. The molecule has 0 aromatic rings. The van der Waals surface area contributed by atoms with E-state index in [1.165, 1.54) is 0 Å². The van der Waals surface area contributed by atoms with Crippen molar-refractivity contribution in [2.24, 2.45) is 11.8 Å². The third-order valence-corrected chi connectivity index (χ3v) is 3.28. The SMILES string of the molecule is CC1CCCNC1C(=O)N[C@H](C(=O)O)C(C)C. The Morgan fingerprint density at radius 1 is 1.41 bits per heavy atom. The monoisotopic (exact) mass is 242 g/mol. The molecule has 1 amide bonds. The molecule has 0 aromatic carbocycles.